The van der Waals surface area contributed by atoms with Gasteiger partial charge in [-0.3, -0.25) is 4.79 Å². The average Bonchev–Trinajstić information content (AvgIpc) is 2.55. The van der Waals surface area contributed by atoms with Gasteiger partial charge in [-0.25, -0.2) is 8.42 Å². The maximum absolute atomic E-state index is 12.6. The number of aliphatic carboxylic acids is 1. The summed E-state index contributed by atoms with van der Waals surface area (Å²) >= 11 is 3.20. The molecule has 0 spiro atoms. The maximum Gasteiger partial charge on any atom is 0.322 e. The van der Waals surface area contributed by atoms with Crippen LogP contribution in [-0.2, 0) is 21.2 Å². The highest BCUT2D eigenvalue weighted by Gasteiger charge is 2.28. The lowest BCUT2D eigenvalue weighted by molar-refractivity contribution is -0.138. The fraction of sp³-hybridized carbons (Fsp3) is 0.188. The third-order valence-electron chi connectivity index (χ3n) is 3.29. The van der Waals surface area contributed by atoms with Gasteiger partial charge in [-0.15, -0.1) is 0 Å². The van der Waals surface area contributed by atoms with Gasteiger partial charge in [0.05, 0.1) is 7.11 Å². The van der Waals surface area contributed by atoms with Crippen molar-refractivity contribution in [2.45, 2.75) is 17.4 Å². The highest BCUT2D eigenvalue weighted by molar-refractivity contribution is 9.10. The Labute approximate surface area is 148 Å². The third kappa shape index (κ3) is 4.56. The number of carbonyl (C=O) groups is 1. The molecule has 24 heavy (non-hydrogen) atoms. The van der Waals surface area contributed by atoms with Crippen LogP contribution in [0.25, 0.3) is 0 Å². The number of benzene rings is 2. The van der Waals surface area contributed by atoms with E-state index in [9.17, 15) is 18.3 Å². The molecule has 0 saturated heterocycles. The van der Waals surface area contributed by atoms with Crippen LogP contribution < -0.4 is 9.46 Å². The summed E-state index contributed by atoms with van der Waals surface area (Å²) in [5, 5.41) is 9.36. The molecule has 0 heterocycles. The highest BCUT2D eigenvalue weighted by atomic mass is 79.9. The minimum Gasteiger partial charge on any atom is -0.495 e. The fourth-order valence-corrected chi connectivity index (χ4v) is 4.04. The summed E-state index contributed by atoms with van der Waals surface area (Å²) in [6.45, 7) is 0. The van der Waals surface area contributed by atoms with E-state index in [0.717, 1.165) is 0 Å². The van der Waals surface area contributed by atoms with Gasteiger partial charge in [0.25, 0.3) is 0 Å². The van der Waals surface area contributed by atoms with Crippen LogP contribution in [0.5, 0.6) is 5.75 Å². The standard InChI is InChI=1S/C16H16BrNO5S/c1-23-14-8-7-12(17)10-15(14)24(21,22)18-13(16(19)20)9-11-5-3-2-4-6-11/h2-8,10,13,18H,9H2,1H3,(H,19,20)/t13-/m1/s1. The van der Waals surface area contributed by atoms with Gasteiger partial charge in [-0.2, -0.15) is 4.72 Å². The average molecular weight is 414 g/mol. The Kier molecular flexibility index (Phi) is 5.98. The molecule has 2 aromatic carbocycles. The van der Waals surface area contributed by atoms with Crippen molar-refractivity contribution in [2.75, 3.05) is 7.11 Å². The Bertz CT molecular complexity index is 824. The zero-order valence-electron chi connectivity index (χ0n) is 12.8. The van der Waals surface area contributed by atoms with E-state index in [1.54, 1.807) is 36.4 Å². The molecule has 0 radical (unpaired) electrons. The highest BCUT2D eigenvalue weighted by Crippen LogP contribution is 2.27. The molecule has 1 atom stereocenters. The first kappa shape index (κ1) is 18.4. The van der Waals surface area contributed by atoms with Crippen LogP contribution in [0, 0.1) is 0 Å². The van der Waals surface area contributed by atoms with Crippen molar-refractivity contribution in [3.8, 4) is 5.75 Å². The first-order valence-corrected chi connectivity index (χ1v) is 9.23. The summed E-state index contributed by atoms with van der Waals surface area (Å²) in [5.41, 5.74) is 0.716. The molecular formula is C16H16BrNO5S. The zero-order chi connectivity index (χ0) is 17.7. The summed E-state index contributed by atoms with van der Waals surface area (Å²) in [5.74, 6) is -1.12. The van der Waals surface area contributed by atoms with E-state index < -0.39 is 22.0 Å². The van der Waals surface area contributed by atoms with Gasteiger partial charge in [0, 0.05) is 4.47 Å². The molecule has 128 valence electrons. The van der Waals surface area contributed by atoms with Gasteiger partial charge in [0.15, 0.2) is 0 Å². The van der Waals surface area contributed by atoms with Crippen molar-refractivity contribution in [3.63, 3.8) is 0 Å². The number of hydrogen-bond donors (Lipinski definition) is 2. The Morgan fingerprint density at radius 3 is 2.50 bits per heavy atom. The first-order chi connectivity index (χ1) is 11.3. The van der Waals surface area contributed by atoms with E-state index >= 15 is 0 Å². The van der Waals surface area contributed by atoms with E-state index in [0.29, 0.717) is 10.0 Å². The molecule has 0 bridgehead atoms. The van der Waals surface area contributed by atoms with E-state index in [1.165, 1.54) is 19.2 Å². The van der Waals surface area contributed by atoms with Crippen LogP contribution in [0.1, 0.15) is 5.56 Å². The normalized spacial score (nSPS) is 12.6. The van der Waals surface area contributed by atoms with Crippen molar-refractivity contribution in [2.24, 2.45) is 0 Å². The van der Waals surface area contributed by atoms with Gasteiger partial charge in [0.2, 0.25) is 10.0 Å². The smallest absolute Gasteiger partial charge is 0.322 e. The van der Waals surface area contributed by atoms with Crippen LogP contribution in [0.3, 0.4) is 0 Å². The van der Waals surface area contributed by atoms with Gasteiger partial charge in [0.1, 0.15) is 16.7 Å². The fourth-order valence-electron chi connectivity index (χ4n) is 2.14. The number of nitrogens with one attached hydrogen (secondary N) is 1. The summed E-state index contributed by atoms with van der Waals surface area (Å²) < 4.78 is 33.0. The molecule has 6 nitrogen and oxygen atoms in total. The number of rotatable bonds is 7. The number of methoxy groups -OCH3 is 1. The van der Waals surface area contributed by atoms with Gasteiger partial charge in [-0.05, 0) is 30.2 Å². The first-order valence-electron chi connectivity index (χ1n) is 6.96. The number of sulfonamides is 1. The molecule has 2 aromatic rings. The summed E-state index contributed by atoms with van der Waals surface area (Å²) in [6.07, 6.45) is 0.0335. The molecule has 0 amide bonds. The van der Waals surface area contributed by atoms with Crippen LogP contribution in [0.15, 0.2) is 57.9 Å². The molecular weight excluding hydrogens is 398 g/mol. The topological polar surface area (TPSA) is 92.7 Å². The zero-order valence-corrected chi connectivity index (χ0v) is 15.2. The summed E-state index contributed by atoms with van der Waals surface area (Å²) in [4.78, 5) is 11.3. The second-order valence-electron chi connectivity index (χ2n) is 5.00. The lowest BCUT2D eigenvalue weighted by Crippen LogP contribution is -2.42. The molecule has 0 fully saturated rings. The second kappa shape index (κ2) is 7.78. The number of carboxylic acids is 1. The molecule has 0 aromatic heterocycles. The monoisotopic (exact) mass is 413 g/mol. The summed E-state index contributed by atoms with van der Waals surface area (Å²) in [6, 6.07) is 12.0. The van der Waals surface area contributed by atoms with Crippen LogP contribution in [0.2, 0.25) is 0 Å². The lowest BCUT2D eigenvalue weighted by atomic mass is 10.1. The lowest BCUT2D eigenvalue weighted by Gasteiger charge is -2.16. The molecule has 0 saturated carbocycles. The second-order valence-corrected chi connectivity index (χ2v) is 7.60. The largest absolute Gasteiger partial charge is 0.495 e. The number of hydrogen-bond acceptors (Lipinski definition) is 4. The minimum atomic E-state index is -4.08. The quantitative estimate of drug-likeness (QED) is 0.726. The Morgan fingerprint density at radius 1 is 1.25 bits per heavy atom. The van der Waals surface area contributed by atoms with Crippen molar-refractivity contribution < 1.29 is 23.1 Å². The van der Waals surface area contributed by atoms with Crippen LogP contribution in [-0.4, -0.2) is 32.6 Å². The van der Waals surface area contributed by atoms with Crippen molar-refractivity contribution >= 4 is 31.9 Å². The van der Waals surface area contributed by atoms with Crippen LogP contribution >= 0.6 is 15.9 Å². The molecule has 2 rings (SSSR count). The molecule has 2 N–H and O–H groups in total. The maximum atomic E-state index is 12.6. The predicted molar refractivity (Wildman–Crippen MR) is 92.6 cm³/mol. The number of ether oxygens (including phenoxy) is 1. The third-order valence-corrected chi connectivity index (χ3v) is 5.28. The van der Waals surface area contributed by atoms with E-state index in [1.807, 2.05) is 0 Å². The van der Waals surface area contributed by atoms with Gasteiger partial charge in [-0.1, -0.05) is 46.3 Å². The Hall–Kier alpha value is -1.90. The van der Waals surface area contributed by atoms with Crippen molar-refractivity contribution in [1.82, 2.24) is 4.72 Å². The van der Waals surface area contributed by atoms with Crippen LogP contribution in [0.4, 0.5) is 0 Å². The SMILES string of the molecule is COc1ccc(Br)cc1S(=O)(=O)N[C@H](Cc1ccccc1)C(=O)O. The predicted octanol–water partition coefficient (Wildman–Crippen LogP) is 2.43. The van der Waals surface area contributed by atoms with E-state index in [-0.39, 0.29) is 17.1 Å². The van der Waals surface area contributed by atoms with Gasteiger partial charge < -0.3 is 9.84 Å². The number of carboxylic acid groups (broad SMARTS) is 1. The Morgan fingerprint density at radius 2 is 1.92 bits per heavy atom. The molecule has 0 aliphatic heterocycles. The molecule has 0 aliphatic rings. The molecule has 8 heteroatoms. The van der Waals surface area contributed by atoms with Crippen molar-refractivity contribution in [1.29, 1.82) is 0 Å². The Balaban J connectivity index is 2.31. The number of halogens is 1. The minimum absolute atomic E-state index is 0.0335. The van der Waals surface area contributed by atoms with Gasteiger partial charge >= 0.3 is 5.97 Å². The van der Waals surface area contributed by atoms with E-state index in [2.05, 4.69) is 20.7 Å². The summed E-state index contributed by atoms with van der Waals surface area (Å²) in [7, 11) is -2.73. The molecule has 0 aliphatic carbocycles. The van der Waals surface area contributed by atoms with E-state index in [4.69, 9.17) is 4.74 Å². The molecule has 0 unspecified atom stereocenters. The van der Waals surface area contributed by atoms with Crippen molar-refractivity contribution in [3.05, 3.63) is 58.6 Å².